The highest BCUT2D eigenvalue weighted by molar-refractivity contribution is 14.1. The van der Waals surface area contributed by atoms with Gasteiger partial charge in [-0.25, -0.2) is 4.98 Å². The van der Waals surface area contributed by atoms with Gasteiger partial charge >= 0.3 is 0 Å². The molecule has 5 nitrogen and oxygen atoms in total. The Kier molecular flexibility index (Phi) is 5.25. The topological polar surface area (TPSA) is 68.3 Å². The molecule has 0 bridgehead atoms. The van der Waals surface area contributed by atoms with Crippen molar-refractivity contribution in [1.82, 2.24) is 4.98 Å². The fourth-order valence-corrected chi connectivity index (χ4v) is 3.84. The van der Waals surface area contributed by atoms with Crippen LogP contribution < -0.4 is 5.32 Å². The summed E-state index contributed by atoms with van der Waals surface area (Å²) in [6.07, 6.45) is 0. The largest absolute Gasteiger partial charge is 0.451 e. The average Bonchev–Trinajstić information content (AvgIpc) is 3.41. The average molecular weight is 541 g/mol. The summed E-state index contributed by atoms with van der Waals surface area (Å²) in [7, 11) is 0. The zero-order valence-corrected chi connectivity index (χ0v) is 18.8. The van der Waals surface area contributed by atoms with Gasteiger partial charge < -0.3 is 14.2 Å². The quantitative estimate of drug-likeness (QED) is 0.244. The van der Waals surface area contributed by atoms with Crippen LogP contribution in [0, 0.1) is 3.57 Å². The Bertz CT molecular complexity index is 1410. The van der Waals surface area contributed by atoms with E-state index in [9.17, 15) is 4.79 Å². The van der Waals surface area contributed by atoms with Gasteiger partial charge in [-0.3, -0.25) is 4.79 Å². The molecule has 5 aromatic rings. The van der Waals surface area contributed by atoms with E-state index in [0.717, 1.165) is 14.7 Å². The predicted molar refractivity (Wildman–Crippen MR) is 129 cm³/mol. The number of halogens is 2. The SMILES string of the molecule is O=C(Nc1ccc2oc(-c3cccc(I)c3)nc2c1)c1ccc(-c2ccc(Cl)cc2)o1. The molecular formula is C24H14ClIN2O3. The highest BCUT2D eigenvalue weighted by atomic mass is 127. The maximum Gasteiger partial charge on any atom is 0.291 e. The Morgan fingerprint density at radius 3 is 2.55 bits per heavy atom. The zero-order chi connectivity index (χ0) is 21.4. The maximum absolute atomic E-state index is 12.6. The van der Waals surface area contributed by atoms with Crippen molar-refractivity contribution in [2.75, 3.05) is 5.32 Å². The van der Waals surface area contributed by atoms with Crippen molar-refractivity contribution < 1.29 is 13.6 Å². The fraction of sp³-hybridized carbons (Fsp3) is 0. The van der Waals surface area contributed by atoms with Crippen LogP contribution in [0.2, 0.25) is 5.02 Å². The minimum atomic E-state index is -0.346. The van der Waals surface area contributed by atoms with Crippen LogP contribution in [0.25, 0.3) is 33.9 Å². The highest BCUT2D eigenvalue weighted by Gasteiger charge is 2.14. The lowest BCUT2D eigenvalue weighted by Gasteiger charge is -2.02. The molecule has 2 aromatic heterocycles. The summed E-state index contributed by atoms with van der Waals surface area (Å²) < 4.78 is 12.7. The van der Waals surface area contributed by atoms with Crippen molar-refractivity contribution in [2.24, 2.45) is 0 Å². The van der Waals surface area contributed by atoms with E-state index in [1.807, 2.05) is 36.4 Å². The van der Waals surface area contributed by atoms with Crippen molar-refractivity contribution >= 4 is 56.9 Å². The summed E-state index contributed by atoms with van der Waals surface area (Å²) in [5, 5.41) is 3.49. The smallest absolute Gasteiger partial charge is 0.291 e. The van der Waals surface area contributed by atoms with Gasteiger partial charge in [0.1, 0.15) is 11.3 Å². The number of fused-ring (bicyclic) bond motifs is 1. The van der Waals surface area contributed by atoms with Gasteiger partial charge in [-0.2, -0.15) is 0 Å². The number of anilines is 1. The molecule has 0 aliphatic carbocycles. The molecule has 1 N–H and O–H groups in total. The lowest BCUT2D eigenvalue weighted by Crippen LogP contribution is -2.10. The second-order valence-electron chi connectivity index (χ2n) is 6.84. The summed E-state index contributed by atoms with van der Waals surface area (Å²) in [6.45, 7) is 0. The van der Waals surface area contributed by atoms with Crippen LogP contribution in [-0.4, -0.2) is 10.9 Å². The van der Waals surface area contributed by atoms with Gasteiger partial charge in [0.05, 0.1) is 0 Å². The van der Waals surface area contributed by atoms with Gasteiger partial charge in [0, 0.05) is 25.4 Å². The first-order valence-corrected chi connectivity index (χ1v) is 10.8. The first-order chi connectivity index (χ1) is 15.0. The second-order valence-corrected chi connectivity index (χ2v) is 8.52. The number of nitrogens with one attached hydrogen (secondary N) is 1. The van der Waals surface area contributed by atoms with Crippen LogP contribution >= 0.6 is 34.2 Å². The Labute approximate surface area is 196 Å². The number of nitrogens with zero attached hydrogens (tertiary/aromatic N) is 1. The van der Waals surface area contributed by atoms with Gasteiger partial charge in [-0.05, 0) is 95.4 Å². The number of benzene rings is 3. The third kappa shape index (κ3) is 4.22. The molecule has 0 aliphatic rings. The summed E-state index contributed by atoms with van der Waals surface area (Å²) in [5.74, 6) is 0.997. The Hall–Kier alpha value is -3.10. The minimum absolute atomic E-state index is 0.213. The van der Waals surface area contributed by atoms with E-state index in [1.165, 1.54) is 0 Å². The Morgan fingerprint density at radius 1 is 0.903 bits per heavy atom. The van der Waals surface area contributed by atoms with Crippen LogP contribution in [-0.2, 0) is 0 Å². The number of furan rings is 1. The Balaban J connectivity index is 1.36. The lowest BCUT2D eigenvalue weighted by molar-refractivity contribution is 0.0997. The summed E-state index contributed by atoms with van der Waals surface area (Å²) in [6, 6.07) is 23.9. The maximum atomic E-state index is 12.6. The van der Waals surface area contributed by atoms with Gasteiger partial charge in [0.15, 0.2) is 11.3 Å². The second kappa shape index (κ2) is 8.20. The molecule has 0 saturated carbocycles. The summed E-state index contributed by atoms with van der Waals surface area (Å²) in [4.78, 5) is 17.2. The molecule has 0 fully saturated rings. The van der Waals surface area contributed by atoms with E-state index in [2.05, 4.69) is 32.9 Å². The number of rotatable bonds is 4. The number of oxazole rings is 1. The van der Waals surface area contributed by atoms with E-state index in [-0.39, 0.29) is 11.7 Å². The van der Waals surface area contributed by atoms with E-state index < -0.39 is 0 Å². The van der Waals surface area contributed by atoms with Crippen molar-refractivity contribution in [1.29, 1.82) is 0 Å². The monoisotopic (exact) mass is 540 g/mol. The molecule has 2 heterocycles. The third-order valence-electron chi connectivity index (χ3n) is 4.68. The molecule has 7 heteroatoms. The minimum Gasteiger partial charge on any atom is -0.451 e. The number of hydrogen-bond acceptors (Lipinski definition) is 4. The van der Waals surface area contributed by atoms with E-state index in [4.69, 9.17) is 20.4 Å². The van der Waals surface area contributed by atoms with Gasteiger partial charge in [0.2, 0.25) is 5.89 Å². The fourth-order valence-electron chi connectivity index (χ4n) is 3.17. The van der Waals surface area contributed by atoms with Crippen LogP contribution in [0.4, 0.5) is 5.69 Å². The molecule has 0 saturated heterocycles. The number of amides is 1. The van der Waals surface area contributed by atoms with Crippen LogP contribution in [0.5, 0.6) is 0 Å². The molecule has 5 rings (SSSR count). The van der Waals surface area contributed by atoms with Gasteiger partial charge in [-0.15, -0.1) is 0 Å². The van der Waals surface area contributed by atoms with Crippen molar-refractivity contribution in [3.05, 3.63) is 93.2 Å². The standard InChI is InChI=1S/C24H14ClIN2O3/c25-16-6-4-14(5-7-16)20-10-11-22(30-20)23(29)27-18-8-9-21-19(13-18)28-24(31-21)15-2-1-3-17(26)12-15/h1-13H,(H,27,29). The molecule has 152 valence electrons. The molecule has 0 aliphatic heterocycles. The molecule has 3 aromatic carbocycles. The summed E-state index contributed by atoms with van der Waals surface area (Å²) in [5.41, 5.74) is 3.65. The van der Waals surface area contributed by atoms with Crippen molar-refractivity contribution in [3.63, 3.8) is 0 Å². The number of hydrogen-bond donors (Lipinski definition) is 1. The lowest BCUT2D eigenvalue weighted by atomic mass is 10.2. The normalized spacial score (nSPS) is 11.0. The Morgan fingerprint density at radius 2 is 1.74 bits per heavy atom. The molecule has 1 amide bonds. The molecule has 0 unspecified atom stereocenters. The van der Waals surface area contributed by atoms with Crippen LogP contribution in [0.1, 0.15) is 10.6 Å². The molecular weight excluding hydrogens is 527 g/mol. The van der Waals surface area contributed by atoms with Gasteiger partial charge in [-0.1, -0.05) is 17.7 Å². The van der Waals surface area contributed by atoms with Crippen molar-refractivity contribution in [3.8, 4) is 22.8 Å². The first kappa shape index (κ1) is 19.8. The first-order valence-electron chi connectivity index (χ1n) is 9.39. The number of carbonyl (C=O) groups excluding carboxylic acids is 1. The summed E-state index contributed by atoms with van der Waals surface area (Å²) >= 11 is 8.17. The van der Waals surface area contributed by atoms with E-state index in [0.29, 0.717) is 33.5 Å². The predicted octanol–water partition coefficient (Wildman–Crippen LogP) is 7.27. The zero-order valence-electron chi connectivity index (χ0n) is 15.9. The number of aromatic nitrogens is 1. The third-order valence-corrected chi connectivity index (χ3v) is 5.60. The molecule has 31 heavy (non-hydrogen) atoms. The van der Waals surface area contributed by atoms with Crippen molar-refractivity contribution in [2.45, 2.75) is 0 Å². The number of carbonyl (C=O) groups is 1. The molecule has 0 atom stereocenters. The van der Waals surface area contributed by atoms with E-state index in [1.54, 1.807) is 42.5 Å². The molecule has 0 radical (unpaired) electrons. The molecule has 0 spiro atoms. The van der Waals surface area contributed by atoms with E-state index >= 15 is 0 Å². The highest BCUT2D eigenvalue weighted by Crippen LogP contribution is 2.28. The van der Waals surface area contributed by atoms with Crippen LogP contribution in [0.15, 0.2) is 87.7 Å². The van der Waals surface area contributed by atoms with Gasteiger partial charge in [0.25, 0.3) is 5.91 Å². The van der Waals surface area contributed by atoms with Crippen LogP contribution in [0.3, 0.4) is 0 Å².